The summed E-state index contributed by atoms with van der Waals surface area (Å²) in [7, 11) is 0. The van der Waals surface area contributed by atoms with Crippen LogP contribution >= 0.6 is 11.8 Å². The van der Waals surface area contributed by atoms with E-state index in [0.29, 0.717) is 0 Å². The molecule has 23 heavy (non-hydrogen) atoms. The maximum Gasteiger partial charge on any atom is 0.327 e. The van der Waals surface area contributed by atoms with Crippen molar-refractivity contribution in [2.75, 3.05) is 0 Å². The second-order valence-corrected chi connectivity index (χ2v) is 7.80. The molecule has 2 fully saturated rings. The second kappa shape index (κ2) is 5.23. The number of carbonyl (C=O) groups is 3. The fraction of sp³-hybridized carbons (Fsp3) is 0.400. The smallest absolute Gasteiger partial charge is 0.327 e. The normalized spacial score (nSPS) is 28.0. The number of fused-ring (bicyclic) bond motifs is 1. The zero-order valence-corrected chi connectivity index (χ0v) is 13.3. The highest BCUT2D eigenvalue weighted by atomic mass is 32.2. The van der Waals surface area contributed by atoms with Crippen LogP contribution in [0.3, 0.4) is 0 Å². The summed E-state index contributed by atoms with van der Waals surface area (Å²) in [5.41, 5.74) is -0.143. The molecule has 8 heteroatoms. The van der Waals surface area contributed by atoms with Gasteiger partial charge in [0.2, 0.25) is 5.91 Å². The summed E-state index contributed by atoms with van der Waals surface area (Å²) in [6.07, 6.45) is 0. The standard InChI is InChI=1S/C15H15FN2O4S/c1-15(2)10(14(21)22)18-12(20)9(13(18)23-15)17-11(19)7-5-3-4-6-8(7)16/h3-6,9-10,13H,1-2H3,(H,17,19)(H,21,22)/t9-,10-,13-/m1/s1. The van der Waals surface area contributed by atoms with Crippen molar-refractivity contribution in [1.29, 1.82) is 0 Å². The van der Waals surface area contributed by atoms with E-state index in [2.05, 4.69) is 5.32 Å². The molecule has 3 rings (SSSR count). The summed E-state index contributed by atoms with van der Waals surface area (Å²) >= 11 is 1.32. The third-order valence-corrected chi connectivity index (χ3v) is 5.65. The number of carbonyl (C=O) groups excluding carboxylic acids is 2. The van der Waals surface area contributed by atoms with Crippen LogP contribution in [-0.2, 0) is 9.59 Å². The Morgan fingerprint density at radius 2 is 2.00 bits per heavy atom. The molecule has 2 aliphatic rings. The molecule has 0 spiro atoms. The molecule has 2 saturated heterocycles. The summed E-state index contributed by atoms with van der Waals surface area (Å²) in [5, 5.41) is 11.4. The van der Waals surface area contributed by atoms with Gasteiger partial charge >= 0.3 is 5.97 Å². The molecule has 3 atom stereocenters. The van der Waals surface area contributed by atoms with E-state index in [4.69, 9.17) is 0 Å². The number of nitrogens with one attached hydrogen (secondary N) is 1. The number of benzene rings is 1. The molecule has 1 aromatic carbocycles. The van der Waals surface area contributed by atoms with E-state index in [1.54, 1.807) is 13.8 Å². The molecule has 0 unspecified atom stereocenters. The van der Waals surface area contributed by atoms with Gasteiger partial charge in [-0.1, -0.05) is 12.1 Å². The zero-order valence-electron chi connectivity index (χ0n) is 12.4. The van der Waals surface area contributed by atoms with E-state index in [0.717, 1.165) is 6.07 Å². The predicted molar refractivity (Wildman–Crippen MR) is 81.4 cm³/mol. The minimum Gasteiger partial charge on any atom is -0.480 e. The number of carboxylic acids is 1. The molecule has 1 aromatic rings. The lowest BCUT2D eigenvalue weighted by Gasteiger charge is -2.43. The fourth-order valence-corrected chi connectivity index (χ4v) is 4.64. The van der Waals surface area contributed by atoms with Gasteiger partial charge < -0.3 is 15.3 Å². The molecule has 0 bridgehead atoms. The molecule has 2 aliphatic heterocycles. The monoisotopic (exact) mass is 338 g/mol. The lowest BCUT2D eigenvalue weighted by atomic mass is 9.96. The van der Waals surface area contributed by atoms with Gasteiger partial charge in [0, 0.05) is 4.75 Å². The van der Waals surface area contributed by atoms with Gasteiger partial charge in [-0.2, -0.15) is 0 Å². The van der Waals surface area contributed by atoms with Gasteiger partial charge in [0.25, 0.3) is 5.91 Å². The van der Waals surface area contributed by atoms with Crippen molar-refractivity contribution in [3.8, 4) is 0 Å². The average Bonchev–Trinajstić information content (AvgIpc) is 2.73. The number of carboxylic acid groups (broad SMARTS) is 1. The zero-order chi connectivity index (χ0) is 16.9. The molecule has 6 nitrogen and oxygen atoms in total. The number of β-lactam (4-membered cyclic amide) rings is 1. The molecule has 0 aromatic heterocycles. The van der Waals surface area contributed by atoms with Crippen molar-refractivity contribution < 1.29 is 23.9 Å². The SMILES string of the molecule is CC1(C)S[C@@H]2[C@H](NC(=O)c3ccccc3F)C(=O)N2[C@@H]1C(=O)O. The second-order valence-electron chi connectivity index (χ2n) is 6.03. The van der Waals surface area contributed by atoms with Crippen molar-refractivity contribution in [1.82, 2.24) is 10.2 Å². The Morgan fingerprint density at radius 3 is 2.61 bits per heavy atom. The molecule has 2 amide bonds. The average molecular weight is 338 g/mol. The number of thioether (sulfide) groups is 1. The topological polar surface area (TPSA) is 86.7 Å². The summed E-state index contributed by atoms with van der Waals surface area (Å²) in [4.78, 5) is 37.1. The summed E-state index contributed by atoms with van der Waals surface area (Å²) in [5.74, 6) is -2.88. The van der Waals surface area contributed by atoms with Gasteiger partial charge in [-0.25, -0.2) is 9.18 Å². The van der Waals surface area contributed by atoms with Crippen LogP contribution < -0.4 is 5.32 Å². The maximum absolute atomic E-state index is 13.6. The van der Waals surface area contributed by atoms with Crippen LogP contribution in [-0.4, -0.2) is 50.0 Å². The Kier molecular flexibility index (Phi) is 3.59. The molecular weight excluding hydrogens is 323 g/mol. The molecular formula is C15H15FN2O4S. The van der Waals surface area contributed by atoms with E-state index < -0.39 is 45.8 Å². The molecule has 122 valence electrons. The number of aliphatic carboxylic acids is 1. The Morgan fingerprint density at radius 1 is 1.35 bits per heavy atom. The number of nitrogens with zero attached hydrogens (tertiary/aromatic N) is 1. The highest BCUT2D eigenvalue weighted by Gasteiger charge is 2.64. The number of halogens is 1. The van der Waals surface area contributed by atoms with Crippen molar-refractivity contribution in [2.45, 2.75) is 36.1 Å². The number of amides is 2. The maximum atomic E-state index is 13.6. The van der Waals surface area contributed by atoms with E-state index in [9.17, 15) is 23.9 Å². The molecule has 2 N–H and O–H groups in total. The fourth-order valence-electron chi connectivity index (χ4n) is 3.01. The summed E-state index contributed by atoms with van der Waals surface area (Å²) in [6.45, 7) is 3.50. The first kappa shape index (κ1) is 15.8. The largest absolute Gasteiger partial charge is 0.480 e. The summed E-state index contributed by atoms with van der Waals surface area (Å²) < 4.78 is 13.0. The van der Waals surface area contributed by atoms with Crippen LogP contribution in [0.1, 0.15) is 24.2 Å². The molecule has 0 radical (unpaired) electrons. The van der Waals surface area contributed by atoms with Crippen molar-refractivity contribution in [3.63, 3.8) is 0 Å². The number of rotatable bonds is 3. The first-order valence-electron chi connectivity index (χ1n) is 7.02. The van der Waals surface area contributed by atoms with Gasteiger partial charge in [-0.05, 0) is 26.0 Å². The Balaban J connectivity index is 1.78. The van der Waals surface area contributed by atoms with E-state index in [1.807, 2.05) is 0 Å². The van der Waals surface area contributed by atoms with E-state index >= 15 is 0 Å². The lowest BCUT2D eigenvalue weighted by Crippen LogP contribution is -2.70. The van der Waals surface area contributed by atoms with E-state index in [-0.39, 0.29) is 5.56 Å². The van der Waals surface area contributed by atoms with Crippen molar-refractivity contribution >= 4 is 29.5 Å². The highest BCUT2D eigenvalue weighted by Crippen LogP contribution is 2.50. The first-order valence-corrected chi connectivity index (χ1v) is 7.90. The van der Waals surface area contributed by atoms with Gasteiger partial charge in [0.1, 0.15) is 23.3 Å². The van der Waals surface area contributed by atoms with Crippen LogP contribution in [0, 0.1) is 5.82 Å². The first-order chi connectivity index (χ1) is 10.7. The highest BCUT2D eigenvalue weighted by molar-refractivity contribution is 8.01. The van der Waals surface area contributed by atoms with E-state index in [1.165, 1.54) is 34.9 Å². The molecule has 2 heterocycles. The minimum atomic E-state index is -1.07. The quantitative estimate of drug-likeness (QED) is 0.805. The van der Waals surface area contributed by atoms with Gasteiger partial charge in [0.05, 0.1) is 5.56 Å². The Hall–Kier alpha value is -2.09. The van der Waals surface area contributed by atoms with Gasteiger partial charge in [-0.3, -0.25) is 9.59 Å². The third-order valence-electron chi connectivity index (χ3n) is 4.08. The van der Waals surface area contributed by atoms with Crippen LogP contribution in [0.15, 0.2) is 24.3 Å². The number of hydrogen-bond donors (Lipinski definition) is 2. The Bertz CT molecular complexity index is 708. The van der Waals surface area contributed by atoms with Gasteiger partial charge in [-0.15, -0.1) is 11.8 Å². The molecule has 0 saturated carbocycles. The van der Waals surface area contributed by atoms with Crippen LogP contribution in [0.5, 0.6) is 0 Å². The van der Waals surface area contributed by atoms with Crippen LogP contribution in [0.2, 0.25) is 0 Å². The van der Waals surface area contributed by atoms with Crippen molar-refractivity contribution in [2.24, 2.45) is 0 Å². The van der Waals surface area contributed by atoms with Crippen LogP contribution in [0.4, 0.5) is 4.39 Å². The third kappa shape index (κ3) is 2.37. The Labute approximate surface area is 136 Å². The number of hydrogen-bond acceptors (Lipinski definition) is 4. The summed E-state index contributed by atoms with van der Waals surface area (Å²) in [6, 6.07) is 3.72. The molecule has 0 aliphatic carbocycles. The van der Waals surface area contributed by atoms with Crippen molar-refractivity contribution in [3.05, 3.63) is 35.6 Å². The lowest BCUT2D eigenvalue weighted by molar-refractivity contribution is -0.159. The predicted octanol–water partition coefficient (Wildman–Crippen LogP) is 1.07. The van der Waals surface area contributed by atoms with Gasteiger partial charge in [0.15, 0.2) is 0 Å². The van der Waals surface area contributed by atoms with Crippen LogP contribution in [0.25, 0.3) is 0 Å². The minimum absolute atomic E-state index is 0.143.